The van der Waals surface area contributed by atoms with Gasteiger partial charge in [0, 0.05) is 83.4 Å². The van der Waals surface area contributed by atoms with Crippen molar-refractivity contribution in [3.05, 3.63) is 278 Å². The topological polar surface area (TPSA) is 126 Å². The molecule has 11 heteroatoms. The smallest absolute Gasteiger partial charge is 0.354 e. The maximum absolute atomic E-state index is 11.5. The number of nitrogens with zero attached hydrogens (tertiary/aromatic N) is 4. The third kappa shape index (κ3) is 19.5. The number of aliphatic hydroxyl groups is 1. The van der Waals surface area contributed by atoms with E-state index in [0.29, 0.717) is 0 Å². The van der Waals surface area contributed by atoms with Gasteiger partial charge in [-0.05, 0) is 63.6 Å². The van der Waals surface area contributed by atoms with Gasteiger partial charge in [-0.1, -0.05) is 224 Å². The van der Waals surface area contributed by atoms with Crippen LogP contribution in [-0.2, 0) is 65.1 Å². The second kappa shape index (κ2) is 31.8. The van der Waals surface area contributed by atoms with E-state index in [1.165, 1.54) is 51.2 Å². The first-order valence-corrected chi connectivity index (χ1v) is 27.0. The molecule has 8 nitrogen and oxygen atoms in total. The number of carbonyl (C=O) groups is 2. The Labute approximate surface area is 539 Å². The molecule has 2 N–H and O–H groups in total. The van der Waals surface area contributed by atoms with E-state index >= 15 is 0 Å². The number of allylic oxidation sites excluding steroid dienone is 2. The van der Waals surface area contributed by atoms with E-state index in [-0.39, 0.29) is 83.0 Å². The van der Waals surface area contributed by atoms with Crippen LogP contribution in [0.25, 0.3) is 88.4 Å². The Hall–Kier alpha value is -7.97. The maximum atomic E-state index is 11.5. The van der Waals surface area contributed by atoms with E-state index in [2.05, 4.69) is 152 Å². The number of para-hydroxylation sites is 3. The van der Waals surface area contributed by atoms with Crippen molar-refractivity contribution in [2.24, 2.45) is 10.8 Å². The first kappa shape index (κ1) is 67.8. The molecule has 0 saturated heterocycles. The zero-order valence-electron chi connectivity index (χ0n) is 48.5. The normalized spacial score (nSPS) is 10.8. The Morgan fingerprint density at radius 1 is 0.435 bits per heavy atom. The van der Waals surface area contributed by atoms with Gasteiger partial charge in [-0.25, -0.2) is 9.78 Å². The van der Waals surface area contributed by atoms with Crippen LogP contribution in [-0.4, -0.2) is 41.9 Å². The Morgan fingerprint density at radius 2 is 0.906 bits per heavy atom. The van der Waals surface area contributed by atoms with Crippen molar-refractivity contribution in [2.45, 2.75) is 55.4 Å². The first-order chi connectivity index (χ1) is 39.4. The molecule has 12 rings (SSSR count). The molecule has 0 amide bonds. The fraction of sp³-hybridized carbons (Fsp3) is 0.135. The van der Waals surface area contributed by atoms with Crippen LogP contribution < -0.4 is 0 Å². The Kier molecular flexibility index (Phi) is 25.4. The molecule has 0 atom stereocenters. The fourth-order valence-corrected chi connectivity index (χ4v) is 8.40. The van der Waals surface area contributed by atoms with Gasteiger partial charge < -0.3 is 10.2 Å². The summed E-state index contributed by atoms with van der Waals surface area (Å²) in [6.07, 6.45) is 2.78. The van der Waals surface area contributed by atoms with Crippen LogP contribution in [0.1, 0.15) is 63.2 Å². The number of benzene rings is 8. The van der Waals surface area contributed by atoms with Gasteiger partial charge in [0.25, 0.3) is 0 Å². The maximum Gasteiger partial charge on any atom is 0.354 e. The van der Waals surface area contributed by atoms with E-state index < -0.39 is 11.4 Å². The minimum absolute atomic E-state index is 0. The van der Waals surface area contributed by atoms with Gasteiger partial charge in [0.15, 0.2) is 5.78 Å². The Bertz CT molecular complexity index is 4070. The zero-order chi connectivity index (χ0) is 58.2. The number of fused-ring (bicyclic) bond motifs is 4. The number of aryl methyl sites for hydroxylation is 2. The average Bonchev–Trinajstić information content (AvgIpc) is 3.67. The van der Waals surface area contributed by atoms with Crippen LogP contribution in [0.3, 0.4) is 0 Å². The molecule has 85 heavy (non-hydrogen) atoms. The zero-order valence-corrected chi connectivity index (χ0v) is 55.7. The molecule has 0 spiro atoms. The summed E-state index contributed by atoms with van der Waals surface area (Å²) in [7, 11) is 0. The number of pyridine rings is 4. The number of carboxylic acid groups (broad SMARTS) is 1. The predicted octanol–water partition coefficient (Wildman–Crippen LogP) is 18.4. The van der Waals surface area contributed by atoms with Crippen LogP contribution in [0.15, 0.2) is 242 Å². The molecule has 8 aromatic carbocycles. The summed E-state index contributed by atoms with van der Waals surface area (Å²) >= 11 is 0. The summed E-state index contributed by atoms with van der Waals surface area (Å²) in [6, 6.07) is 85.2. The number of hydrogen-bond acceptors (Lipinski definition) is 7. The van der Waals surface area contributed by atoms with Crippen molar-refractivity contribution in [3.8, 4) is 44.9 Å². The first-order valence-electron chi connectivity index (χ1n) is 27.0. The minimum Gasteiger partial charge on any atom is -0.512 e. The van der Waals surface area contributed by atoms with Crippen LogP contribution in [0.2, 0.25) is 0 Å². The molecular weight excluding hydrogens is 1590 g/mol. The average molecular weight is 1650 g/mol. The second-order valence-corrected chi connectivity index (χ2v) is 21.7. The summed E-state index contributed by atoms with van der Waals surface area (Å²) in [5, 5.41) is 23.8. The van der Waals surface area contributed by atoms with Gasteiger partial charge in [0.2, 0.25) is 0 Å². The molecule has 0 fully saturated rings. The molecule has 0 bridgehead atoms. The van der Waals surface area contributed by atoms with Crippen molar-refractivity contribution < 1.29 is 80.1 Å². The molecule has 12 aromatic rings. The third-order valence-corrected chi connectivity index (χ3v) is 13.0. The van der Waals surface area contributed by atoms with Gasteiger partial charge in [-0.3, -0.25) is 19.7 Å². The molecule has 435 valence electrons. The molecular formula is C74H65Ir3N4O4-3. The van der Waals surface area contributed by atoms with Crippen molar-refractivity contribution in [3.63, 3.8) is 0 Å². The van der Waals surface area contributed by atoms with Gasteiger partial charge in [0.1, 0.15) is 11.5 Å². The van der Waals surface area contributed by atoms with Gasteiger partial charge in [-0.2, -0.15) is 0 Å². The van der Waals surface area contributed by atoms with Gasteiger partial charge in [-0.15, -0.1) is 93.9 Å². The SMILES string of the molecule is CC(C)(C)C(=O)C=C(O)C(C)(C)C.Cc1[c-]c(-c2ccc3ccccc3n2)cc(C)c1.O=C(O)c1ccccn1.[Ir].[Ir].[Ir].[c-]1cc(-c2ccccc2)ccc1-c1ccc2ccccc2n1.[c-]1cc2ccccc2cc1-c1ccc2ccccc2n1. The summed E-state index contributed by atoms with van der Waals surface area (Å²) in [4.78, 5) is 39.3. The van der Waals surface area contributed by atoms with Crippen molar-refractivity contribution in [2.75, 3.05) is 0 Å². The molecule has 0 unspecified atom stereocenters. The second-order valence-electron chi connectivity index (χ2n) is 21.7. The number of carboxylic acids is 1. The fourth-order valence-electron chi connectivity index (χ4n) is 8.40. The number of aromatic carboxylic acids is 1. The summed E-state index contributed by atoms with van der Waals surface area (Å²) in [5.74, 6) is -0.886. The number of ketones is 1. The van der Waals surface area contributed by atoms with Crippen LogP contribution >= 0.6 is 0 Å². The monoisotopic (exact) mass is 1650 g/mol. The molecule has 0 aliphatic rings. The molecule has 0 saturated carbocycles. The number of aliphatic hydroxyl groups excluding tert-OH is 1. The van der Waals surface area contributed by atoms with E-state index in [4.69, 9.17) is 20.1 Å². The van der Waals surface area contributed by atoms with E-state index in [9.17, 15) is 14.7 Å². The standard InChI is InChI=1S/C21H14N.C19H12N.C17H14N.C11H20O2.C6H5NO2.3Ir/c1-2-6-16(7-3-1)17-10-12-19(13-11-17)21-15-14-18-8-4-5-9-20(18)22-21;1-2-7-16-13-17(10-9-14(16)5-1)19-12-11-15-6-3-4-8-18(15)20-19;1-12-9-13(2)11-15(10-12)17-8-7-14-5-3-4-6-16(14)18-17;1-10(2,3)8(12)7-9(13)11(4,5)6;8-6(9)5-3-1-2-4-7-5;;;/h1-12,14-15H;1-9,11-13H;3-10H,1-2H3;7,12H,1-6H3;1-4H,(H,8,9);;;/q3*-1;;;;;. The summed E-state index contributed by atoms with van der Waals surface area (Å²) in [6.45, 7) is 15.3. The number of carbonyl (C=O) groups excluding carboxylic acids is 1. The van der Waals surface area contributed by atoms with E-state index in [0.717, 1.165) is 66.7 Å². The number of hydrogen-bond donors (Lipinski definition) is 2. The predicted molar refractivity (Wildman–Crippen MR) is 336 cm³/mol. The van der Waals surface area contributed by atoms with Gasteiger partial charge >= 0.3 is 5.97 Å². The molecule has 3 radical (unpaired) electrons. The van der Waals surface area contributed by atoms with Crippen LogP contribution in [0, 0.1) is 42.9 Å². The van der Waals surface area contributed by atoms with Crippen LogP contribution in [0.5, 0.6) is 0 Å². The molecule has 4 aromatic heterocycles. The molecule has 0 aliphatic carbocycles. The Morgan fingerprint density at radius 3 is 1.36 bits per heavy atom. The minimum atomic E-state index is -0.990. The molecule has 0 aliphatic heterocycles. The quantitative estimate of drug-likeness (QED) is 0.0958. The molecule has 4 heterocycles. The summed E-state index contributed by atoms with van der Waals surface area (Å²) < 4.78 is 0. The largest absolute Gasteiger partial charge is 0.512 e. The van der Waals surface area contributed by atoms with E-state index in [1.54, 1.807) is 12.1 Å². The number of aromatic nitrogens is 4. The van der Waals surface area contributed by atoms with Crippen molar-refractivity contribution in [1.82, 2.24) is 19.9 Å². The van der Waals surface area contributed by atoms with E-state index in [1.807, 2.05) is 133 Å². The number of rotatable bonds is 6. The van der Waals surface area contributed by atoms with Gasteiger partial charge in [0.05, 0.1) is 16.6 Å². The van der Waals surface area contributed by atoms with Crippen molar-refractivity contribution >= 4 is 55.2 Å². The Balaban J connectivity index is 0.000000198. The van der Waals surface area contributed by atoms with Crippen molar-refractivity contribution in [1.29, 1.82) is 0 Å². The van der Waals surface area contributed by atoms with Crippen LogP contribution in [0.4, 0.5) is 0 Å². The summed E-state index contributed by atoms with van der Waals surface area (Å²) in [5.41, 5.74) is 13.2. The third-order valence-electron chi connectivity index (χ3n) is 13.0.